The fourth-order valence-electron chi connectivity index (χ4n) is 2.99. The number of nitrogens with zero attached hydrogens (tertiary/aromatic N) is 1. The Morgan fingerprint density at radius 1 is 1.50 bits per heavy atom. The van der Waals surface area contributed by atoms with E-state index >= 15 is 0 Å². The van der Waals surface area contributed by atoms with Crippen LogP contribution in [0, 0.1) is 9.49 Å². The van der Waals surface area contributed by atoms with Crippen LogP contribution in [0.15, 0.2) is 18.2 Å². The van der Waals surface area contributed by atoms with Gasteiger partial charge in [-0.2, -0.15) is 0 Å². The highest BCUT2D eigenvalue weighted by atomic mass is 127. The van der Waals surface area contributed by atoms with Crippen LogP contribution < -0.4 is 5.32 Å². The smallest absolute Gasteiger partial charge is 0.0648 e. The highest BCUT2D eigenvalue weighted by Gasteiger charge is 2.24. The Morgan fingerprint density at radius 2 is 2.30 bits per heavy atom. The minimum Gasteiger partial charge on any atom is -0.381 e. The van der Waals surface area contributed by atoms with Crippen LogP contribution in [-0.2, 0) is 0 Å². The molecule has 1 fully saturated rings. The second kappa shape index (κ2) is 7.85. The molecule has 112 valence electrons. The summed E-state index contributed by atoms with van der Waals surface area (Å²) in [6, 6.07) is 6.67. The van der Waals surface area contributed by atoms with E-state index in [4.69, 9.17) is 11.6 Å². The molecule has 0 saturated carbocycles. The summed E-state index contributed by atoms with van der Waals surface area (Å²) in [4.78, 5) is 2.60. The van der Waals surface area contributed by atoms with Crippen molar-refractivity contribution in [3.8, 4) is 0 Å². The van der Waals surface area contributed by atoms with Crippen molar-refractivity contribution >= 4 is 39.9 Å². The van der Waals surface area contributed by atoms with Gasteiger partial charge in [0.15, 0.2) is 0 Å². The van der Waals surface area contributed by atoms with E-state index in [1.807, 2.05) is 6.07 Å². The molecule has 0 aromatic heterocycles. The number of benzene rings is 1. The van der Waals surface area contributed by atoms with Crippen molar-refractivity contribution in [2.24, 2.45) is 5.92 Å². The highest BCUT2D eigenvalue weighted by molar-refractivity contribution is 14.1. The van der Waals surface area contributed by atoms with Crippen molar-refractivity contribution in [3.05, 3.63) is 26.8 Å². The molecule has 0 spiro atoms. The first-order valence-corrected chi connectivity index (χ1v) is 8.99. The van der Waals surface area contributed by atoms with Crippen LogP contribution in [0.3, 0.4) is 0 Å². The van der Waals surface area contributed by atoms with Gasteiger partial charge in [0.1, 0.15) is 0 Å². The number of likely N-dealkylation sites (tertiary alicyclic amines) is 1. The Hall–Kier alpha value is -0.0000000000000000555. The minimum absolute atomic E-state index is 0.465. The lowest BCUT2D eigenvalue weighted by atomic mass is 9.91. The molecule has 0 bridgehead atoms. The monoisotopic (exact) mass is 406 g/mol. The molecule has 4 heteroatoms. The fourth-order valence-corrected chi connectivity index (χ4v) is 3.90. The molecule has 1 heterocycles. The van der Waals surface area contributed by atoms with E-state index in [-0.39, 0.29) is 0 Å². The van der Waals surface area contributed by atoms with Crippen LogP contribution in [0.25, 0.3) is 0 Å². The van der Waals surface area contributed by atoms with Crippen molar-refractivity contribution in [2.75, 3.05) is 25.0 Å². The topological polar surface area (TPSA) is 15.3 Å². The largest absolute Gasteiger partial charge is 0.381 e. The zero-order chi connectivity index (χ0) is 14.5. The maximum Gasteiger partial charge on any atom is 0.0648 e. The van der Waals surface area contributed by atoms with Crippen LogP contribution >= 0.6 is 34.2 Å². The lowest BCUT2D eigenvalue weighted by Crippen LogP contribution is -2.42. The van der Waals surface area contributed by atoms with Gasteiger partial charge in [0.25, 0.3) is 0 Å². The molecule has 1 aliphatic heterocycles. The number of rotatable bonds is 5. The van der Waals surface area contributed by atoms with Crippen LogP contribution in [-0.4, -0.2) is 30.6 Å². The van der Waals surface area contributed by atoms with E-state index in [0.717, 1.165) is 10.7 Å². The SMILES string of the molecule is CCCN1CCCC(C(C)Nc2ccc(I)cc2Cl)C1. The predicted octanol–water partition coefficient (Wildman–Crippen LogP) is 4.87. The summed E-state index contributed by atoms with van der Waals surface area (Å²) >= 11 is 8.61. The third kappa shape index (κ3) is 4.50. The Labute approximate surface area is 141 Å². The van der Waals surface area contributed by atoms with Gasteiger partial charge in [0.2, 0.25) is 0 Å². The Kier molecular flexibility index (Phi) is 6.43. The zero-order valence-corrected chi connectivity index (χ0v) is 15.2. The molecule has 2 unspecified atom stereocenters. The van der Waals surface area contributed by atoms with Gasteiger partial charge < -0.3 is 10.2 Å². The lowest BCUT2D eigenvalue weighted by molar-refractivity contribution is 0.165. The molecular weight excluding hydrogens is 383 g/mol. The second-order valence-electron chi connectivity index (χ2n) is 5.76. The van der Waals surface area contributed by atoms with E-state index in [1.165, 1.54) is 42.5 Å². The normalized spacial score (nSPS) is 21.7. The molecule has 2 nitrogen and oxygen atoms in total. The number of piperidine rings is 1. The molecule has 0 aliphatic carbocycles. The molecule has 1 aromatic carbocycles. The van der Waals surface area contributed by atoms with E-state index < -0.39 is 0 Å². The van der Waals surface area contributed by atoms with E-state index in [1.54, 1.807) is 0 Å². The third-order valence-corrected chi connectivity index (χ3v) is 5.09. The summed E-state index contributed by atoms with van der Waals surface area (Å²) in [6.07, 6.45) is 3.88. The number of halogens is 2. The molecule has 20 heavy (non-hydrogen) atoms. The van der Waals surface area contributed by atoms with Gasteiger partial charge in [0.05, 0.1) is 10.7 Å². The standard InChI is InChI=1S/C16H24ClIN2/c1-3-8-20-9-4-5-13(11-20)12(2)19-16-7-6-14(18)10-15(16)17/h6-7,10,12-13,19H,3-5,8-9,11H2,1-2H3. The van der Waals surface area contributed by atoms with Gasteiger partial charge in [0, 0.05) is 16.2 Å². The maximum absolute atomic E-state index is 6.31. The van der Waals surface area contributed by atoms with Gasteiger partial charge >= 0.3 is 0 Å². The molecule has 0 amide bonds. The molecular formula is C16H24ClIN2. The van der Waals surface area contributed by atoms with Crippen molar-refractivity contribution in [1.29, 1.82) is 0 Å². The summed E-state index contributed by atoms with van der Waals surface area (Å²) in [7, 11) is 0. The van der Waals surface area contributed by atoms with Crippen LogP contribution in [0.4, 0.5) is 5.69 Å². The van der Waals surface area contributed by atoms with E-state index in [2.05, 4.69) is 58.8 Å². The van der Waals surface area contributed by atoms with Gasteiger partial charge in [-0.25, -0.2) is 0 Å². The first kappa shape index (κ1) is 16.4. The number of anilines is 1. The highest BCUT2D eigenvalue weighted by Crippen LogP contribution is 2.27. The fraction of sp³-hybridized carbons (Fsp3) is 0.625. The summed E-state index contributed by atoms with van der Waals surface area (Å²) in [5.74, 6) is 0.714. The summed E-state index contributed by atoms with van der Waals surface area (Å²) in [5, 5.41) is 4.43. The summed E-state index contributed by atoms with van der Waals surface area (Å²) in [5.41, 5.74) is 1.06. The van der Waals surface area contributed by atoms with E-state index in [0.29, 0.717) is 12.0 Å². The molecule has 1 aromatic rings. The molecule has 2 rings (SSSR count). The number of nitrogens with one attached hydrogen (secondary N) is 1. The maximum atomic E-state index is 6.31. The van der Waals surface area contributed by atoms with Gasteiger partial charge in [-0.1, -0.05) is 18.5 Å². The van der Waals surface area contributed by atoms with Crippen LogP contribution in [0.5, 0.6) is 0 Å². The van der Waals surface area contributed by atoms with Crippen molar-refractivity contribution in [2.45, 2.75) is 39.2 Å². The predicted molar refractivity (Wildman–Crippen MR) is 96.7 cm³/mol. The lowest BCUT2D eigenvalue weighted by Gasteiger charge is -2.36. The Morgan fingerprint density at radius 3 is 3.00 bits per heavy atom. The third-order valence-electron chi connectivity index (χ3n) is 4.10. The van der Waals surface area contributed by atoms with Crippen LogP contribution in [0.2, 0.25) is 5.02 Å². The minimum atomic E-state index is 0.465. The first-order chi connectivity index (χ1) is 9.60. The molecule has 1 aliphatic rings. The van der Waals surface area contributed by atoms with Crippen molar-refractivity contribution in [3.63, 3.8) is 0 Å². The first-order valence-electron chi connectivity index (χ1n) is 7.54. The molecule has 1 N–H and O–H groups in total. The second-order valence-corrected chi connectivity index (χ2v) is 7.41. The Balaban J connectivity index is 1.95. The average molecular weight is 407 g/mol. The van der Waals surface area contributed by atoms with Gasteiger partial charge in [-0.15, -0.1) is 0 Å². The molecule has 1 saturated heterocycles. The zero-order valence-electron chi connectivity index (χ0n) is 12.3. The van der Waals surface area contributed by atoms with Crippen molar-refractivity contribution < 1.29 is 0 Å². The molecule has 0 radical (unpaired) electrons. The average Bonchev–Trinajstić information content (AvgIpc) is 2.42. The van der Waals surface area contributed by atoms with Crippen molar-refractivity contribution in [1.82, 2.24) is 4.90 Å². The number of hydrogen-bond donors (Lipinski definition) is 1. The van der Waals surface area contributed by atoms with Crippen LogP contribution in [0.1, 0.15) is 33.1 Å². The van der Waals surface area contributed by atoms with E-state index in [9.17, 15) is 0 Å². The Bertz CT molecular complexity index is 436. The number of hydrogen-bond acceptors (Lipinski definition) is 2. The quantitative estimate of drug-likeness (QED) is 0.702. The molecule has 2 atom stereocenters. The summed E-state index contributed by atoms with van der Waals surface area (Å²) in [6.45, 7) is 8.25. The van der Waals surface area contributed by atoms with Gasteiger partial charge in [-0.3, -0.25) is 0 Å². The van der Waals surface area contributed by atoms with Gasteiger partial charge in [-0.05, 0) is 86.0 Å². The summed E-state index contributed by atoms with van der Waals surface area (Å²) < 4.78 is 1.18.